The van der Waals surface area contributed by atoms with Crippen molar-refractivity contribution in [3.05, 3.63) is 17.4 Å². The number of piperazine rings is 1. The molecule has 1 aliphatic heterocycles. The molecule has 2 rings (SSSR count). The lowest BCUT2D eigenvalue weighted by Gasteiger charge is -2.33. The maximum Gasteiger partial charge on any atom is 0.327 e. The minimum absolute atomic E-state index is 0.313. The zero-order chi connectivity index (χ0) is 11.5. The minimum Gasteiger partial charge on any atom is -0.480 e. The summed E-state index contributed by atoms with van der Waals surface area (Å²) in [4.78, 5) is 20.8. The van der Waals surface area contributed by atoms with E-state index in [2.05, 4.69) is 15.3 Å². The molecule has 1 atom stereocenters. The molecule has 0 saturated carbocycles. The predicted molar refractivity (Wildman–Crippen MR) is 58.7 cm³/mol. The number of nitrogens with one attached hydrogen (secondary N) is 1. The molecule has 1 fully saturated rings. The Hall–Kier alpha value is -1.40. The Bertz CT molecular complexity index is 401. The molecule has 1 saturated heterocycles. The number of anilines is 1. The normalized spacial score (nSPS) is 20.8. The highest BCUT2D eigenvalue weighted by Crippen LogP contribution is 2.15. The molecule has 1 aliphatic rings. The number of hydrogen-bond donors (Lipinski definition) is 2. The van der Waals surface area contributed by atoms with Gasteiger partial charge in [0.25, 0.3) is 0 Å². The van der Waals surface area contributed by atoms with Gasteiger partial charge in [-0.25, -0.2) is 14.8 Å². The molecular weight excluding hydrogens is 232 g/mol. The van der Waals surface area contributed by atoms with Gasteiger partial charge in [0.1, 0.15) is 11.2 Å². The molecule has 1 aromatic rings. The predicted octanol–water partition coefficient (Wildman–Crippen LogP) is -0.00720. The van der Waals surface area contributed by atoms with Gasteiger partial charge in [-0.3, -0.25) is 0 Å². The van der Waals surface area contributed by atoms with E-state index in [0.29, 0.717) is 30.7 Å². The summed E-state index contributed by atoms with van der Waals surface area (Å²) in [5.74, 6) is -0.530. The number of halogens is 1. The first-order chi connectivity index (χ1) is 7.68. The Kier molecular flexibility index (Phi) is 3.21. The van der Waals surface area contributed by atoms with Crippen molar-refractivity contribution in [2.75, 3.05) is 24.5 Å². The summed E-state index contributed by atoms with van der Waals surface area (Å²) in [7, 11) is 0. The molecular formula is C9H11ClN4O2. The molecule has 0 spiro atoms. The van der Waals surface area contributed by atoms with Gasteiger partial charge < -0.3 is 15.3 Å². The summed E-state index contributed by atoms with van der Waals surface area (Å²) in [6.45, 7) is 1.64. The summed E-state index contributed by atoms with van der Waals surface area (Å²) in [5.41, 5.74) is 0. The Morgan fingerprint density at radius 3 is 3.19 bits per heavy atom. The fourth-order valence-electron chi connectivity index (χ4n) is 1.63. The number of aliphatic carboxylic acids is 1. The highest BCUT2D eigenvalue weighted by Gasteiger charge is 2.30. The summed E-state index contributed by atoms with van der Waals surface area (Å²) >= 11 is 5.75. The molecule has 2 N–H and O–H groups in total. The first-order valence-corrected chi connectivity index (χ1v) is 5.25. The highest BCUT2D eigenvalue weighted by molar-refractivity contribution is 6.29. The molecule has 0 aromatic carbocycles. The molecule has 1 aromatic heterocycles. The van der Waals surface area contributed by atoms with Gasteiger partial charge in [-0.15, -0.1) is 0 Å². The SMILES string of the molecule is O=C(O)[C@@H]1CNCCN1c1nccc(Cl)n1. The van der Waals surface area contributed by atoms with Crippen LogP contribution in [0.1, 0.15) is 0 Å². The van der Waals surface area contributed by atoms with Crippen LogP contribution in [0.4, 0.5) is 5.95 Å². The van der Waals surface area contributed by atoms with Crippen LogP contribution in [0.25, 0.3) is 0 Å². The van der Waals surface area contributed by atoms with Crippen LogP contribution in [-0.2, 0) is 4.79 Å². The zero-order valence-electron chi connectivity index (χ0n) is 8.43. The van der Waals surface area contributed by atoms with Crippen molar-refractivity contribution in [2.24, 2.45) is 0 Å². The van der Waals surface area contributed by atoms with E-state index in [1.54, 1.807) is 11.0 Å². The Morgan fingerprint density at radius 1 is 1.69 bits per heavy atom. The molecule has 2 heterocycles. The number of hydrogen-bond acceptors (Lipinski definition) is 5. The minimum atomic E-state index is -0.893. The third kappa shape index (κ3) is 2.23. The average molecular weight is 243 g/mol. The zero-order valence-corrected chi connectivity index (χ0v) is 9.18. The Balaban J connectivity index is 2.26. The van der Waals surface area contributed by atoms with Gasteiger partial charge in [0.05, 0.1) is 0 Å². The van der Waals surface area contributed by atoms with Crippen LogP contribution in [0.3, 0.4) is 0 Å². The van der Waals surface area contributed by atoms with Crippen molar-refractivity contribution in [1.29, 1.82) is 0 Å². The van der Waals surface area contributed by atoms with E-state index in [9.17, 15) is 4.79 Å². The van der Waals surface area contributed by atoms with Crippen molar-refractivity contribution in [2.45, 2.75) is 6.04 Å². The molecule has 6 nitrogen and oxygen atoms in total. The summed E-state index contributed by atoms with van der Waals surface area (Å²) in [5, 5.41) is 12.4. The molecule has 0 amide bonds. The topological polar surface area (TPSA) is 78.4 Å². The van der Waals surface area contributed by atoms with Gasteiger partial charge in [0.2, 0.25) is 5.95 Å². The molecule has 0 unspecified atom stereocenters. The van der Waals surface area contributed by atoms with Crippen LogP contribution >= 0.6 is 11.6 Å². The molecule has 7 heteroatoms. The van der Waals surface area contributed by atoms with Crippen molar-refractivity contribution in [1.82, 2.24) is 15.3 Å². The van der Waals surface area contributed by atoms with Crippen LogP contribution in [0.2, 0.25) is 5.15 Å². The Labute approximate surface area is 97.3 Å². The first kappa shape index (κ1) is 11.1. The lowest BCUT2D eigenvalue weighted by atomic mass is 10.2. The van der Waals surface area contributed by atoms with Crippen LogP contribution in [0, 0.1) is 0 Å². The van der Waals surface area contributed by atoms with Gasteiger partial charge in [0.15, 0.2) is 0 Å². The number of carboxylic acids is 1. The molecule has 86 valence electrons. The number of aromatic nitrogens is 2. The largest absolute Gasteiger partial charge is 0.480 e. The van der Waals surface area contributed by atoms with E-state index in [0.717, 1.165) is 0 Å². The smallest absolute Gasteiger partial charge is 0.327 e. The summed E-state index contributed by atoms with van der Waals surface area (Å²) in [6, 6.07) is 0.912. The van der Waals surface area contributed by atoms with Crippen LogP contribution in [-0.4, -0.2) is 46.7 Å². The van der Waals surface area contributed by atoms with Gasteiger partial charge in [-0.2, -0.15) is 0 Å². The Morgan fingerprint density at radius 2 is 2.50 bits per heavy atom. The maximum atomic E-state index is 11.1. The van der Waals surface area contributed by atoms with Gasteiger partial charge >= 0.3 is 5.97 Å². The summed E-state index contributed by atoms with van der Waals surface area (Å²) in [6.07, 6.45) is 1.52. The van der Waals surface area contributed by atoms with E-state index in [1.165, 1.54) is 6.20 Å². The molecule has 0 bridgehead atoms. The summed E-state index contributed by atoms with van der Waals surface area (Å²) < 4.78 is 0. The first-order valence-electron chi connectivity index (χ1n) is 4.87. The van der Waals surface area contributed by atoms with Gasteiger partial charge in [-0.05, 0) is 6.07 Å². The van der Waals surface area contributed by atoms with Gasteiger partial charge in [-0.1, -0.05) is 11.6 Å². The van der Waals surface area contributed by atoms with Crippen LogP contribution in [0.5, 0.6) is 0 Å². The van der Waals surface area contributed by atoms with Gasteiger partial charge in [0, 0.05) is 25.8 Å². The lowest BCUT2D eigenvalue weighted by molar-refractivity contribution is -0.138. The average Bonchev–Trinajstić information content (AvgIpc) is 2.29. The monoisotopic (exact) mass is 242 g/mol. The highest BCUT2D eigenvalue weighted by atomic mass is 35.5. The van der Waals surface area contributed by atoms with E-state index < -0.39 is 12.0 Å². The van der Waals surface area contributed by atoms with Crippen molar-refractivity contribution in [3.8, 4) is 0 Å². The maximum absolute atomic E-state index is 11.1. The van der Waals surface area contributed by atoms with E-state index in [1.807, 2.05) is 0 Å². The quantitative estimate of drug-likeness (QED) is 0.711. The molecule has 0 aliphatic carbocycles. The van der Waals surface area contributed by atoms with Crippen LogP contribution in [0.15, 0.2) is 12.3 Å². The van der Waals surface area contributed by atoms with Crippen LogP contribution < -0.4 is 10.2 Å². The van der Waals surface area contributed by atoms with E-state index >= 15 is 0 Å². The van der Waals surface area contributed by atoms with Crippen molar-refractivity contribution in [3.63, 3.8) is 0 Å². The number of nitrogens with zero attached hydrogens (tertiary/aromatic N) is 3. The second-order valence-electron chi connectivity index (χ2n) is 3.43. The fraction of sp³-hybridized carbons (Fsp3) is 0.444. The van der Waals surface area contributed by atoms with Crippen molar-refractivity contribution >= 4 is 23.5 Å². The number of carbonyl (C=O) groups is 1. The molecule has 16 heavy (non-hydrogen) atoms. The molecule has 0 radical (unpaired) electrons. The number of carboxylic acid groups (broad SMARTS) is 1. The third-order valence-corrected chi connectivity index (χ3v) is 2.60. The standard InChI is InChI=1S/C9H11ClN4O2/c10-7-1-2-12-9(13-7)14-4-3-11-5-6(14)8(15)16/h1-2,6,11H,3-5H2,(H,15,16)/t6-/m0/s1. The van der Waals surface area contributed by atoms with E-state index in [-0.39, 0.29) is 0 Å². The number of rotatable bonds is 2. The third-order valence-electron chi connectivity index (χ3n) is 2.39. The lowest BCUT2D eigenvalue weighted by Crippen LogP contribution is -2.55. The second-order valence-corrected chi connectivity index (χ2v) is 3.82. The van der Waals surface area contributed by atoms with E-state index in [4.69, 9.17) is 16.7 Å². The fourth-order valence-corrected chi connectivity index (χ4v) is 1.76. The van der Waals surface area contributed by atoms with Crippen molar-refractivity contribution < 1.29 is 9.90 Å². The second kappa shape index (κ2) is 4.63.